The van der Waals surface area contributed by atoms with Crippen LogP contribution in [0.3, 0.4) is 0 Å². The number of rotatable bonds is 7. The van der Waals surface area contributed by atoms with E-state index in [2.05, 4.69) is 27.0 Å². The molecular formula is C27H35Cl2N5O2. The Balaban J connectivity index is 1.17. The molecule has 194 valence electrons. The third kappa shape index (κ3) is 5.02. The molecule has 1 saturated carbocycles. The molecule has 2 saturated heterocycles. The van der Waals surface area contributed by atoms with Crippen molar-refractivity contribution >= 4 is 40.9 Å². The average Bonchev–Trinajstić information content (AvgIpc) is 2.78. The summed E-state index contributed by atoms with van der Waals surface area (Å²) in [4.78, 5) is 25.8. The van der Waals surface area contributed by atoms with Crippen LogP contribution in [-0.4, -0.2) is 58.2 Å². The fraction of sp³-hybridized carbons (Fsp3) is 0.593. The van der Waals surface area contributed by atoms with Crippen LogP contribution in [0.4, 0.5) is 11.8 Å². The van der Waals surface area contributed by atoms with E-state index < -0.39 is 11.4 Å². The molecule has 2 atom stereocenters. The molecule has 0 radical (unpaired) electrons. The zero-order chi connectivity index (χ0) is 25.6. The molecule has 2 aromatic rings. The maximum atomic E-state index is 11.5. The van der Waals surface area contributed by atoms with Crippen LogP contribution in [0.15, 0.2) is 24.4 Å². The van der Waals surface area contributed by atoms with Crippen molar-refractivity contribution in [1.82, 2.24) is 14.9 Å². The van der Waals surface area contributed by atoms with Crippen molar-refractivity contribution < 1.29 is 9.90 Å². The maximum Gasteiger partial charge on any atom is 0.309 e. The van der Waals surface area contributed by atoms with Gasteiger partial charge in [0.25, 0.3) is 0 Å². The zero-order valence-corrected chi connectivity index (χ0v) is 22.7. The van der Waals surface area contributed by atoms with E-state index in [0.29, 0.717) is 27.9 Å². The lowest BCUT2D eigenvalue weighted by Gasteiger charge is -2.52. The van der Waals surface area contributed by atoms with E-state index >= 15 is 0 Å². The molecule has 0 spiro atoms. The number of aromatic nitrogens is 2. The number of piperidine rings is 1. The predicted octanol–water partition coefficient (Wildman–Crippen LogP) is 5.67. The Hall–Kier alpha value is -2.09. The molecule has 5 rings (SSSR count). The van der Waals surface area contributed by atoms with Gasteiger partial charge in [0, 0.05) is 47.5 Å². The highest BCUT2D eigenvalue weighted by Crippen LogP contribution is 2.45. The summed E-state index contributed by atoms with van der Waals surface area (Å²) < 4.78 is 0. The summed E-state index contributed by atoms with van der Waals surface area (Å²) in [5.41, 5.74) is 1.43. The number of hydrogen-bond acceptors (Lipinski definition) is 6. The van der Waals surface area contributed by atoms with Crippen molar-refractivity contribution in [1.29, 1.82) is 0 Å². The van der Waals surface area contributed by atoms with Crippen molar-refractivity contribution in [2.75, 3.05) is 36.4 Å². The molecule has 0 unspecified atom stereocenters. The van der Waals surface area contributed by atoms with Gasteiger partial charge in [-0.2, -0.15) is 4.98 Å². The number of anilines is 2. The first-order chi connectivity index (χ1) is 17.1. The monoisotopic (exact) mass is 531 g/mol. The topological polar surface area (TPSA) is 81.6 Å². The summed E-state index contributed by atoms with van der Waals surface area (Å²) in [5, 5.41) is 14.2. The summed E-state index contributed by atoms with van der Waals surface area (Å²) in [6, 6.07) is 5.95. The van der Waals surface area contributed by atoms with E-state index in [-0.39, 0.29) is 6.04 Å². The first kappa shape index (κ1) is 25.6. The summed E-state index contributed by atoms with van der Waals surface area (Å²) in [6.07, 6.45) is 5.88. The molecule has 36 heavy (non-hydrogen) atoms. The fourth-order valence-corrected chi connectivity index (χ4v) is 6.58. The Morgan fingerprint density at radius 1 is 1.22 bits per heavy atom. The van der Waals surface area contributed by atoms with Gasteiger partial charge in [0.2, 0.25) is 5.95 Å². The SMILES string of the molecule is Cc1cnc(N2CC([C@H]3CCCN([C@H]4C[C@](C)(C(=O)O)C4)C3)C2)nc1N[C@H](C)c1ccc(Cl)cc1Cl. The largest absolute Gasteiger partial charge is 0.481 e. The molecule has 3 aliphatic rings. The Morgan fingerprint density at radius 3 is 2.67 bits per heavy atom. The van der Waals surface area contributed by atoms with E-state index in [1.165, 1.54) is 12.8 Å². The second kappa shape index (κ2) is 9.99. The number of nitrogens with one attached hydrogen (secondary N) is 1. The second-order valence-electron chi connectivity index (χ2n) is 11.2. The lowest BCUT2D eigenvalue weighted by atomic mass is 9.65. The minimum Gasteiger partial charge on any atom is -0.481 e. The summed E-state index contributed by atoms with van der Waals surface area (Å²) >= 11 is 12.5. The summed E-state index contributed by atoms with van der Waals surface area (Å²) in [6.45, 7) is 10.1. The molecule has 7 nitrogen and oxygen atoms in total. The molecular weight excluding hydrogens is 497 g/mol. The minimum absolute atomic E-state index is 0.0249. The molecule has 1 aromatic heterocycles. The van der Waals surface area contributed by atoms with E-state index in [1.807, 2.05) is 32.2 Å². The maximum absolute atomic E-state index is 11.5. The number of benzene rings is 1. The van der Waals surface area contributed by atoms with Crippen LogP contribution in [0.2, 0.25) is 10.0 Å². The van der Waals surface area contributed by atoms with Crippen LogP contribution < -0.4 is 10.2 Å². The quantitative estimate of drug-likeness (QED) is 0.476. The number of carboxylic acids is 1. The van der Waals surface area contributed by atoms with Crippen LogP contribution >= 0.6 is 23.2 Å². The molecule has 2 N–H and O–H groups in total. The highest BCUT2D eigenvalue weighted by atomic mass is 35.5. The Labute approximate surface area is 223 Å². The number of likely N-dealkylation sites (tertiary alicyclic amines) is 1. The predicted molar refractivity (Wildman–Crippen MR) is 144 cm³/mol. The number of carboxylic acid groups (broad SMARTS) is 1. The summed E-state index contributed by atoms with van der Waals surface area (Å²) in [5.74, 6) is 2.21. The van der Waals surface area contributed by atoms with Gasteiger partial charge in [0.15, 0.2) is 0 Å². The van der Waals surface area contributed by atoms with Gasteiger partial charge in [-0.3, -0.25) is 4.79 Å². The lowest BCUT2D eigenvalue weighted by Crippen LogP contribution is -2.58. The number of carbonyl (C=O) groups is 1. The molecule has 1 aromatic carbocycles. The highest BCUT2D eigenvalue weighted by Gasteiger charge is 2.49. The Kier molecular flexibility index (Phi) is 7.09. The van der Waals surface area contributed by atoms with Gasteiger partial charge in [-0.05, 0) is 82.5 Å². The number of aliphatic carboxylic acids is 1. The number of nitrogens with zero attached hydrogens (tertiary/aromatic N) is 4. The molecule has 0 bridgehead atoms. The first-order valence-electron chi connectivity index (χ1n) is 12.9. The number of halogens is 2. The van der Waals surface area contributed by atoms with Crippen molar-refractivity contribution in [3.63, 3.8) is 0 Å². The average molecular weight is 533 g/mol. The standard InChI is InChI=1S/C27H35Cl2N5O2/c1-16-12-30-26(32-24(16)31-17(2)22-7-6-20(28)9-23(22)29)34-14-19(15-34)18-5-4-8-33(13-18)21-10-27(3,11-21)25(35)36/h6-7,9,12,17-19,21H,4-5,8,10-11,13-15H2,1-3H3,(H,35,36)(H,30,31,32)/t17-,18+,21-,27-/m1/s1. The smallest absolute Gasteiger partial charge is 0.309 e. The van der Waals surface area contributed by atoms with Gasteiger partial charge >= 0.3 is 5.97 Å². The highest BCUT2D eigenvalue weighted by molar-refractivity contribution is 6.35. The lowest BCUT2D eigenvalue weighted by molar-refractivity contribution is -0.158. The Morgan fingerprint density at radius 2 is 1.97 bits per heavy atom. The van der Waals surface area contributed by atoms with Crippen molar-refractivity contribution in [3.05, 3.63) is 45.6 Å². The van der Waals surface area contributed by atoms with Gasteiger partial charge in [-0.15, -0.1) is 0 Å². The normalized spacial score (nSPS) is 27.8. The van der Waals surface area contributed by atoms with Gasteiger partial charge in [-0.25, -0.2) is 4.98 Å². The van der Waals surface area contributed by atoms with Gasteiger partial charge in [0.05, 0.1) is 11.5 Å². The number of aryl methyl sites for hydroxylation is 1. The van der Waals surface area contributed by atoms with Crippen molar-refractivity contribution in [2.24, 2.45) is 17.3 Å². The third-order valence-electron chi connectivity index (χ3n) is 8.49. The van der Waals surface area contributed by atoms with Gasteiger partial charge in [0.1, 0.15) is 5.82 Å². The van der Waals surface area contributed by atoms with Gasteiger partial charge in [-0.1, -0.05) is 29.3 Å². The minimum atomic E-state index is -0.653. The van der Waals surface area contributed by atoms with Crippen molar-refractivity contribution in [3.8, 4) is 0 Å². The van der Waals surface area contributed by atoms with Crippen LogP contribution in [0.5, 0.6) is 0 Å². The fourth-order valence-electron chi connectivity index (χ4n) is 6.01. The second-order valence-corrected chi connectivity index (χ2v) is 12.1. The van der Waals surface area contributed by atoms with Crippen LogP contribution in [0, 0.1) is 24.2 Å². The molecule has 3 fully saturated rings. The molecule has 1 aliphatic carbocycles. The van der Waals surface area contributed by atoms with E-state index in [1.54, 1.807) is 6.07 Å². The van der Waals surface area contributed by atoms with Crippen LogP contribution in [-0.2, 0) is 4.79 Å². The van der Waals surface area contributed by atoms with Crippen molar-refractivity contribution in [2.45, 2.75) is 58.5 Å². The van der Waals surface area contributed by atoms with Gasteiger partial charge < -0.3 is 20.2 Å². The molecule has 0 amide bonds. The Bertz CT molecular complexity index is 1130. The third-order valence-corrected chi connectivity index (χ3v) is 9.06. The number of hydrogen-bond donors (Lipinski definition) is 2. The molecule has 3 heterocycles. The van der Waals surface area contributed by atoms with E-state index in [4.69, 9.17) is 28.2 Å². The molecule has 2 aliphatic heterocycles. The molecule has 9 heteroatoms. The first-order valence-corrected chi connectivity index (χ1v) is 13.7. The zero-order valence-electron chi connectivity index (χ0n) is 21.2. The van der Waals surface area contributed by atoms with E-state index in [9.17, 15) is 9.90 Å². The van der Waals surface area contributed by atoms with Crippen LogP contribution in [0.1, 0.15) is 56.7 Å². The summed E-state index contributed by atoms with van der Waals surface area (Å²) in [7, 11) is 0. The van der Waals surface area contributed by atoms with Crippen LogP contribution in [0.25, 0.3) is 0 Å². The van der Waals surface area contributed by atoms with E-state index in [0.717, 1.165) is 61.9 Å².